The lowest BCUT2D eigenvalue weighted by molar-refractivity contribution is -0.385. The van der Waals surface area contributed by atoms with Crippen LogP contribution in [0.3, 0.4) is 0 Å². The minimum Gasteiger partial charge on any atom is -0.348 e. The van der Waals surface area contributed by atoms with Crippen LogP contribution in [0.5, 0.6) is 0 Å². The van der Waals surface area contributed by atoms with E-state index in [9.17, 15) is 14.9 Å². The Morgan fingerprint density at radius 2 is 2.17 bits per heavy atom. The standard InChI is InChI=1S/C13H17BrN6O3/c1-4-18-8-10(14)11(17-18)6-15-12(21)13(2,3)19-7-9(5-16-19)20(22)23/h5,7-8H,4,6H2,1-3H3,(H,15,21). The summed E-state index contributed by atoms with van der Waals surface area (Å²) >= 11 is 3.40. The maximum atomic E-state index is 12.4. The van der Waals surface area contributed by atoms with Gasteiger partial charge in [0.15, 0.2) is 0 Å². The molecule has 1 amide bonds. The van der Waals surface area contributed by atoms with Gasteiger partial charge in [-0.1, -0.05) is 0 Å². The molecule has 2 heterocycles. The number of halogens is 1. The number of hydrogen-bond donors (Lipinski definition) is 1. The van der Waals surface area contributed by atoms with Gasteiger partial charge < -0.3 is 5.32 Å². The number of aromatic nitrogens is 4. The molecule has 0 saturated carbocycles. The van der Waals surface area contributed by atoms with E-state index in [1.54, 1.807) is 18.5 Å². The first-order valence-corrected chi connectivity index (χ1v) is 7.74. The van der Waals surface area contributed by atoms with Gasteiger partial charge in [-0.05, 0) is 36.7 Å². The molecule has 23 heavy (non-hydrogen) atoms. The molecule has 0 aliphatic rings. The third kappa shape index (κ3) is 3.58. The minimum atomic E-state index is -1.06. The van der Waals surface area contributed by atoms with E-state index in [-0.39, 0.29) is 18.1 Å². The number of nitro groups is 1. The summed E-state index contributed by atoms with van der Waals surface area (Å²) in [5.41, 5.74) is -0.508. The van der Waals surface area contributed by atoms with Crippen LogP contribution in [0.2, 0.25) is 0 Å². The van der Waals surface area contributed by atoms with Gasteiger partial charge in [0.2, 0.25) is 5.91 Å². The molecule has 2 aromatic heterocycles. The minimum absolute atomic E-state index is 0.157. The quantitative estimate of drug-likeness (QED) is 0.603. The van der Waals surface area contributed by atoms with Crippen LogP contribution in [-0.2, 0) is 23.4 Å². The van der Waals surface area contributed by atoms with Crippen molar-refractivity contribution < 1.29 is 9.72 Å². The average Bonchev–Trinajstić information content (AvgIpc) is 3.11. The molecular weight excluding hydrogens is 368 g/mol. The van der Waals surface area contributed by atoms with Crippen LogP contribution in [0.1, 0.15) is 26.5 Å². The first-order valence-electron chi connectivity index (χ1n) is 6.95. The van der Waals surface area contributed by atoms with Crippen LogP contribution in [-0.4, -0.2) is 30.4 Å². The zero-order chi connectivity index (χ0) is 17.2. The fourth-order valence-electron chi connectivity index (χ4n) is 1.92. The van der Waals surface area contributed by atoms with Crippen LogP contribution < -0.4 is 5.32 Å². The number of nitrogens with zero attached hydrogens (tertiary/aromatic N) is 5. The van der Waals surface area contributed by atoms with E-state index in [2.05, 4.69) is 31.4 Å². The van der Waals surface area contributed by atoms with Gasteiger partial charge in [0.25, 0.3) is 0 Å². The van der Waals surface area contributed by atoms with Gasteiger partial charge in [-0.3, -0.25) is 24.3 Å². The van der Waals surface area contributed by atoms with Crippen LogP contribution in [0.25, 0.3) is 0 Å². The van der Waals surface area contributed by atoms with E-state index < -0.39 is 10.5 Å². The maximum absolute atomic E-state index is 12.4. The molecule has 0 aliphatic carbocycles. The molecule has 2 rings (SSSR count). The number of rotatable bonds is 6. The van der Waals surface area contributed by atoms with Crippen molar-refractivity contribution in [2.45, 2.75) is 39.4 Å². The molecule has 0 saturated heterocycles. The van der Waals surface area contributed by atoms with E-state index in [1.165, 1.54) is 10.9 Å². The first-order chi connectivity index (χ1) is 10.8. The van der Waals surface area contributed by atoms with Crippen molar-refractivity contribution in [3.8, 4) is 0 Å². The van der Waals surface area contributed by atoms with E-state index in [1.807, 2.05) is 13.1 Å². The number of aryl methyl sites for hydroxylation is 1. The Kier molecular flexibility index (Phi) is 4.83. The highest BCUT2D eigenvalue weighted by Crippen LogP contribution is 2.19. The van der Waals surface area contributed by atoms with Crippen molar-refractivity contribution in [3.63, 3.8) is 0 Å². The van der Waals surface area contributed by atoms with E-state index in [4.69, 9.17) is 0 Å². The molecule has 1 N–H and O–H groups in total. The molecule has 0 fully saturated rings. The Labute approximate surface area is 140 Å². The lowest BCUT2D eigenvalue weighted by atomic mass is 10.1. The Morgan fingerprint density at radius 1 is 1.48 bits per heavy atom. The first kappa shape index (κ1) is 17.1. The van der Waals surface area contributed by atoms with Crippen LogP contribution in [0, 0.1) is 10.1 Å². The molecule has 0 atom stereocenters. The van der Waals surface area contributed by atoms with Gasteiger partial charge in [0, 0.05) is 12.7 Å². The second-order valence-corrected chi connectivity index (χ2v) is 6.28. The molecule has 2 aromatic rings. The van der Waals surface area contributed by atoms with Gasteiger partial charge in [-0.2, -0.15) is 10.2 Å². The van der Waals surface area contributed by atoms with Crippen molar-refractivity contribution in [2.75, 3.05) is 0 Å². The van der Waals surface area contributed by atoms with Gasteiger partial charge >= 0.3 is 5.69 Å². The summed E-state index contributed by atoms with van der Waals surface area (Å²) in [7, 11) is 0. The molecule has 0 radical (unpaired) electrons. The maximum Gasteiger partial charge on any atom is 0.307 e. The molecule has 0 spiro atoms. The highest BCUT2D eigenvalue weighted by molar-refractivity contribution is 9.10. The van der Waals surface area contributed by atoms with E-state index in [0.717, 1.165) is 17.2 Å². The largest absolute Gasteiger partial charge is 0.348 e. The average molecular weight is 385 g/mol. The predicted octanol–water partition coefficient (Wildman–Crippen LogP) is 1.82. The van der Waals surface area contributed by atoms with Gasteiger partial charge in [0.05, 0.1) is 21.6 Å². The number of amides is 1. The molecule has 0 aromatic carbocycles. The highest BCUT2D eigenvalue weighted by atomic mass is 79.9. The number of hydrogen-bond acceptors (Lipinski definition) is 5. The Morgan fingerprint density at radius 3 is 2.70 bits per heavy atom. The summed E-state index contributed by atoms with van der Waals surface area (Å²) in [6, 6.07) is 0. The molecule has 124 valence electrons. The summed E-state index contributed by atoms with van der Waals surface area (Å²) in [4.78, 5) is 22.6. The van der Waals surface area contributed by atoms with Gasteiger partial charge in [0.1, 0.15) is 17.9 Å². The fraction of sp³-hybridized carbons (Fsp3) is 0.462. The third-order valence-electron chi connectivity index (χ3n) is 3.44. The van der Waals surface area contributed by atoms with Crippen molar-refractivity contribution in [1.82, 2.24) is 24.9 Å². The molecule has 0 bridgehead atoms. The number of carbonyl (C=O) groups excluding carboxylic acids is 1. The Hall–Kier alpha value is -2.23. The lowest BCUT2D eigenvalue weighted by Gasteiger charge is -2.23. The predicted molar refractivity (Wildman–Crippen MR) is 85.7 cm³/mol. The summed E-state index contributed by atoms with van der Waals surface area (Å²) < 4.78 is 3.85. The summed E-state index contributed by atoms with van der Waals surface area (Å²) in [5, 5.41) is 21.7. The van der Waals surface area contributed by atoms with E-state index >= 15 is 0 Å². The van der Waals surface area contributed by atoms with Crippen molar-refractivity contribution in [2.24, 2.45) is 0 Å². The Balaban J connectivity index is 2.08. The van der Waals surface area contributed by atoms with Gasteiger partial charge in [-0.15, -0.1) is 0 Å². The second kappa shape index (κ2) is 6.49. The monoisotopic (exact) mass is 384 g/mol. The lowest BCUT2D eigenvalue weighted by Crippen LogP contribution is -2.44. The summed E-state index contributed by atoms with van der Waals surface area (Å²) in [6.07, 6.45) is 4.19. The third-order valence-corrected chi connectivity index (χ3v) is 4.10. The van der Waals surface area contributed by atoms with E-state index in [0.29, 0.717) is 5.69 Å². The van der Waals surface area contributed by atoms with Crippen molar-refractivity contribution >= 4 is 27.5 Å². The zero-order valence-corrected chi connectivity index (χ0v) is 14.6. The number of nitrogens with one attached hydrogen (secondary N) is 1. The fourth-order valence-corrected chi connectivity index (χ4v) is 2.37. The molecule has 0 unspecified atom stereocenters. The second-order valence-electron chi connectivity index (χ2n) is 5.42. The summed E-state index contributed by atoms with van der Waals surface area (Å²) in [5.74, 6) is -0.312. The molecule has 10 heteroatoms. The SMILES string of the molecule is CCn1cc(Br)c(CNC(=O)C(C)(C)n2cc([N+](=O)[O-])cn2)n1. The molecule has 9 nitrogen and oxygen atoms in total. The normalized spacial score (nSPS) is 11.5. The zero-order valence-electron chi connectivity index (χ0n) is 13.0. The molecular formula is C13H17BrN6O3. The summed E-state index contributed by atoms with van der Waals surface area (Å²) in [6.45, 7) is 6.22. The number of carbonyl (C=O) groups is 1. The van der Waals surface area contributed by atoms with Crippen LogP contribution in [0.15, 0.2) is 23.1 Å². The Bertz CT molecular complexity index is 736. The van der Waals surface area contributed by atoms with Crippen molar-refractivity contribution in [1.29, 1.82) is 0 Å². The highest BCUT2D eigenvalue weighted by Gasteiger charge is 2.32. The van der Waals surface area contributed by atoms with Crippen molar-refractivity contribution in [3.05, 3.63) is 38.9 Å². The van der Waals surface area contributed by atoms with Crippen LogP contribution in [0.4, 0.5) is 5.69 Å². The van der Waals surface area contributed by atoms with Crippen LogP contribution >= 0.6 is 15.9 Å². The molecule has 0 aliphatic heterocycles. The van der Waals surface area contributed by atoms with Gasteiger partial charge in [-0.25, -0.2) is 0 Å². The topological polar surface area (TPSA) is 108 Å². The smallest absolute Gasteiger partial charge is 0.307 e.